The molecule has 0 aliphatic heterocycles. The molecule has 0 spiro atoms. The third-order valence-electron chi connectivity index (χ3n) is 1.56. The maximum Gasteiger partial charge on any atom is 0.191 e. The van der Waals surface area contributed by atoms with Gasteiger partial charge in [0.1, 0.15) is 0 Å². The number of hydrogen-bond donors (Lipinski definition) is 2. The molecule has 1 rings (SSSR count). The van der Waals surface area contributed by atoms with Gasteiger partial charge in [0, 0.05) is 0 Å². The van der Waals surface area contributed by atoms with Crippen LogP contribution in [-0.4, -0.2) is 20.6 Å². The van der Waals surface area contributed by atoms with Gasteiger partial charge in [-0.2, -0.15) is 5.21 Å². The lowest BCUT2D eigenvalue weighted by Crippen LogP contribution is -2.11. The minimum absolute atomic E-state index is 0.0614. The van der Waals surface area contributed by atoms with E-state index in [1.165, 1.54) is 0 Å². The number of unbranched alkanes of at least 4 members (excludes halogenated alkanes) is 1. The topological polar surface area (TPSA) is 80.5 Å². The molecule has 1 atom stereocenters. The minimum atomic E-state index is -0.0614. The quantitative estimate of drug-likeness (QED) is 0.659. The lowest BCUT2D eigenvalue weighted by molar-refractivity contribution is 0.575. The van der Waals surface area contributed by atoms with E-state index >= 15 is 0 Å². The summed E-state index contributed by atoms with van der Waals surface area (Å²) < 4.78 is 0. The van der Waals surface area contributed by atoms with Crippen LogP contribution in [0.2, 0.25) is 0 Å². The van der Waals surface area contributed by atoms with Crippen LogP contribution >= 0.6 is 0 Å². The Morgan fingerprint density at radius 1 is 1.64 bits per heavy atom. The average molecular weight is 155 g/mol. The summed E-state index contributed by atoms with van der Waals surface area (Å²) in [4.78, 5) is 0. The van der Waals surface area contributed by atoms with Crippen LogP contribution in [0.5, 0.6) is 0 Å². The molecular weight excluding hydrogens is 142 g/mol. The Bertz CT molecular complexity index is 183. The van der Waals surface area contributed by atoms with Gasteiger partial charge in [0.2, 0.25) is 0 Å². The van der Waals surface area contributed by atoms with Crippen molar-refractivity contribution in [1.29, 1.82) is 0 Å². The summed E-state index contributed by atoms with van der Waals surface area (Å²) >= 11 is 0. The van der Waals surface area contributed by atoms with Crippen molar-refractivity contribution in [3.63, 3.8) is 0 Å². The highest BCUT2D eigenvalue weighted by Gasteiger charge is 2.08. The number of nitrogens with one attached hydrogen (secondary N) is 1. The van der Waals surface area contributed by atoms with Crippen molar-refractivity contribution in [2.45, 2.75) is 32.2 Å². The van der Waals surface area contributed by atoms with Crippen LogP contribution in [0.4, 0.5) is 0 Å². The van der Waals surface area contributed by atoms with Gasteiger partial charge in [0.05, 0.1) is 6.04 Å². The number of nitrogens with zero attached hydrogens (tertiary/aromatic N) is 3. The minimum Gasteiger partial charge on any atom is -0.321 e. The van der Waals surface area contributed by atoms with Crippen LogP contribution in [0.3, 0.4) is 0 Å². The number of aromatic nitrogens is 4. The second-order valence-corrected chi connectivity index (χ2v) is 2.52. The van der Waals surface area contributed by atoms with E-state index in [0.29, 0.717) is 5.82 Å². The molecule has 5 nitrogen and oxygen atoms in total. The molecule has 0 aliphatic rings. The van der Waals surface area contributed by atoms with Gasteiger partial charge in [0.25, 0.3) is 0 Å². The van der Waals surface area contributed by atoms with Gasteiger partial charge in [-0.1, -0.05) is 25.0 Å². The molecule has 1 heterocycles. The summed E-state index contributed by atoms with van der Waals surface area (Å²) in [6.07, 6.45) is 3.18. The first-order valence-electron chi connectivity index (χ1n) is 3.83. The molecule has 0 aromatic carbocycles. The van der Waals surface area contributed by atoms with Crippen molar-refractivity contribution in [2.75, 3.05) is 0 Å². The van der Waals surface area contributed by atoms with E-state index in [0.717, 1.165) is 19.3 Å². The highest BCUT2D eigenvalue weighted by atomic mass is 15.5. The zero-order valence-corrected chi connectivity index (χ0v) is 6.62. The Balaban J connectivity index is 2.36. The largest absolute Gasteiger partial charge is 0.321 e. The Labute approximate surface area is 65.4 Å². The number of H-pyrrole nitrogens is 1. The van der Waals surface area contributed by atoms with Crippen molar-refractivity contribution in [1.82, 2.24) is 20.6 Å². The molecule has 1 aromatic heterocycles. The first-order chi connectivity index (χ1) is 5.34. The third kappa shape index (κ3) is 2.27. The summed E-state index contributed by atoms with van der Waals surface area (Å²) in [5.41, 5.74) is 5.74. The summed E-state index contributed by atoms with van der Waals surface area (Å²) in [6, 6.07) is -0.0614. The van der Waals surface area contributed by atoms with Crippen LogP contribution in [-0.2, 0) is 0 Å². The lowest BCUT2D eigenvalue weighted by atomic mass is 10.1. The Morgan fingerprint density at radius 2 is 2.45 bits per heavy atom. The number of rotatable bonds is 4. The van der Waals surface area contributed by atoms with Crippen LogP contribution < -0.4 is 5.73 Å². The predicted molar refractivity (Wildman–Crippen MR) is 40.6 cm³/mol. The fourth-order valence-electron chi connectivity index (χ4n) is 0.880. The normalized spacial score (nSPS) is 13.3. The van der Waals surface area contributed by atoms with E-state index in [1.54, 1.807) is 0 Å². The van der Waals surface area contributed by atoms with Gasteiger partial charge in [-0.05, 0) is 6.42 Å². The van der Waals surface area contributed by atoms with E-state index in [1.807, 2.05) is 0 Å². The fourth-order valence-corrected chi connectivity index (χ4v) is 0.880. The predicted octanol–water partition coefficient (Wildman–Crippen LogP) is 0.390. The second kappa shape index (κ2) is 4.02. The number of nitrogens with two attached hydrogens (primary N) is 1. The SMILES string of the molecule is CCCCC(N)c1nn[nH]n1. The molecule has 0 fully saturated rings. The van der Waals surface area contributed by atoms with E-state index in [2.05, 4.69) is 27.5 Å². The van der Waals surface area contributed by atoms with E-state index in [4.69, 9.17) is 5.73 Å². The van der Waals surface area contributed by atoms with Gasteiger partial charge in [-0.15, -0.1) is 10.2 Å². The smallest absolute Gasteiger partial charge is 0.191 e. The molecule has 0 saturated heterocycles. The standard InChI is InChI=1S/C6H13N5/c1-2-3-4-5(7)6-8-10-11-9-6/h5H,2-4,7H2,1H3,(H,8,9,10,11). The first kappa shape index (κ1) is 8.13. The van der Waals surface area contributed by atoms with Crippen LogP contribution in [0.25, 0.3) is 0 Å². The highest BCUT2D eigenvalue weighted by molar-refractivity contribution is 4.85. The van der Waals surface area contributed by atoms with Crippen molar-refractivity contribution in [3.8, 4) is 0 Å². The van der Waals surface area contributed by atoms with E-state index < -0.39 is 0 Å². The van der Waals surface area contributed by atoms with Crippen LogP contribution in [0, 0.1) is 0 Å². The van der Waals surface area contributed by atoms with Crippen molar-refractivity contribution in [3.05, 3.63) is 5.82 Å². The van der Waals surface area contributed by atoms with Gasteiger partial charge in [0.15, 0.2) is 5.82 Å². The molecule has 1 aromatic rings. The molecule has 0 bridgehead atoms. The highest BCUT2D eigenvalue weighted by Crippen LogP contribution is 2.10. The number of hydrogen-bond acceptors (Lipinski definition) is 4. The van der Waals surface area contributed by atoms with Gasteiger partial charge >= 0.3 is 0 Å². The number of aromatic amines is 1. The van der Waals surface area contributed by atoms with Crippen LogP contribution in [0.1, 0.15) is 38.1 Å². The molecule has 5 heteroatoms. The summed E-state index contributed by atoms with van der Waals surface area (Å²) in [5, 5.41) is 13.4. The van der Waals surface area contributed by atoms with E-state index in [-0.39, 0.29) is 6.04 Å². The molecule has 0 saturated carbocycles. The second-order valence-electron chi connectivity index (χ2n) is 2.52. The molecule has 11 heavy (non-hydrogen) atoms. The molecule has 0 amide bonds. The summed E-state index contributed by atoms with van der Waals surface area (Å²) in [6.45, 7) is 2.13. The molecule has 62 valence electrons. The lowest BCUT2D eigenvalue weighted by Gasteiger charge is -2.03. The fraction of sp³-hybridized carbons (Fsp3) is 0.833. The Hall–Kier alpha value is -0.970. The molecule has 1 unspecified atom stereocenters. The van der Waals surface area contributed by atoms with Crippen molar-refractivity contribution in [2.24, 2.45) is 5.73 Å². The molecular formula is C6H13N5. The maximum atomic E-state index is 5.74. The van der Waals surface area contributed by atoms with Crippen LogP contribution in [0.15, 0.2) is 0 Å². The molecule has 0 aliphatic carbocycles. The monoisotopic (exact) mass is 155 g/mol. The number of tetrazole rings is 1. The van der Waals surface area contributed by atoms with Gasteiger partial charge in [-0.3, -0.25) is 0 Å². The van der Waals surface area contributed by atoms with Crippen molar-refractivity contribution < 1.29 is 0 Å². The molecule has 0 radical (unpaired) electrons. The van der Waals surface area contributed by atoms with E-state index in [9.17, 15) is 0 Å². The first-order valence-corrected chi connectivity index (χ1v) is 3.83. The zero-order valence-electron chi connectivity index (χ0n) is 6.62. The van der Waals surface area contributed by atoms with Gasteiger partial charge in [-0.25, -0.2) is 0 Å². The van der Waals surface area contributed by atoms with Gasteiger partial charge < -0.3 is 5.73 Å². The molecule has 3 N–H and O–H groups in total. The average Bonchev–Trinajstić information content (AvgIpc) is 2.52. The third-order valence-corrected chi connectivity index (χ3v) is 1.56. The summed E-state index contributed by atoms with van der Waals surface area (Å²) in [5.74, 6) is 0.610. The Morgan fingerprint density at radius 3 is 3.00 bits per heavy atom. The van der Waals surface area contributed by atoms with Crippen molar-refractivity contribution >= 4 is 0 Å². The summed E-state index contributed by atoms with van der Waals surface area (Å²) in [7, 11) is 0. The maximum absolute atomic E-state index is 5.74. The Kier molecular flexibility index (Phi) is 2.97. The zero-order chi connectivity index (χ0) is 8.10.